The van der Waals surface area contributed by atoms with Gasteiger partial charge in [-0.25, -0.2) is 9.97 Å². The number of rotatable bonds is 2. The molecule has 1 aliphatic heterocycles. The van der Waals surface area contributed by atoms with E-state index in [1.165, 1.54) is 6.20 Å². The number of carbonyl (C=O) groups is 1. The van der Waals surface area contributed by atoms with Crippen LogP contribution in [0.15, 0.2) is 6.20 Å². The van der Waals surface area contributed by atoms with Gasteiger partial charge in [0.25, 0.3) is 5.91 Å². The lowest BCUT2D eigenvalue weighted by Crippen LogP contribution is -2.54. The molecule has 0 aliphatic carbocycles. The van der Waals surface area contributed by atoms with Gasteiger partial charge in [-0.15, -0.1) is 0 Å². The van der Waals surface area contributed by atoms with Gasteiger partial charge in [-0.05, 0) is 20.8 Å². The summed E-state index contributed by atoms with van der Waals surface area (Å²) in [6.07, 6.45) is 1.51. The van der Waals surface area contributed by atoms with Gasteiger partial charge in [0.15, 0.2) is 5.69 Å². The van der Waals surface area contributed by atoms with E-state index in [1.807, 2.05) is 34.6 Å². The summed E-state index contributed by atoms with van der Waals surface area (Å²) in [5, 5.41) is 0. The van der Waals surface area contributed by atoms with Gasteiger partial charge in [-0.3, -0.25) is 4.79 Å². The van der Waals surface area contributed by atoms with Crippen LogP contribution in [0.2, 0.25) is 0 Å². The van der Waals surface area contributed by atoms with E-state index in [4.69, 9.17) is 10.5 Å². The summed E-state index contributed by atoms with van der Waals surface area (Å²) in [6, 6.07) is 0. The average molecular weight is 292 g/mol. The van der Waals surface area contributed by atoms with Crippen LogP contribution in [-0.4, -0.2) is 45.6 Å². The summed E-state index contributed by atoms with van der Waals surface area (Å²) in [7, 11) is 0. The fraction of sp³-hybridized carbons (Fsp3) is 0.667. The van der Waals surface area contributed by atoms with Gasteiger partial charge >= 0.3 is 0 Å². The first-order valence-electron chi connectivity index (χ1n) is 7.29. The predicted octanol–water partition coefficient (Wildman–Crippen LogP) is 1.82. The molecule has 0 aromatic carbocycles. The van der Waals surface area contributed by atoms with E-state index in [1.54, 1.807) is 4.90 Å². The number of nitrogen functional groups attached to an aromatic ring is 1. The largest absolute Gasteiger partial charge is 0.396 e. The van der Waals surface area contributed by atoms with Crippen molar-refractivity contribution < 1.29 is 9.53 Å². The molecule has 2 N–H and O–H groups in total. The van der Waals surface area contributed by atoms with Crippen molar-refractivity contribution >= 4 is 11.6 Å². The minimum Gasteiger partial charge on any atom is -0.396 e. The highest BCUT2D eigenvalue weighted by molar-refractivity contribution is 5.97. The highest BCUT2D eigenvalue weighted by Crippen LogP contribution is 2.23. The van der Waals surface area contributed by atoms with Crippen molar-refractivity contribution in [3.63, 3.8) is 0 Å². The van der Waals surface area contributed by atoms with E-state index >= 15 is 0 Å². The Hall–Kier alpha value is -1.69. The topological polar surface area (TPSA) is 81.3 Å². The molecule has 2 heterocycles. The molecule has 1 amide bonds. The zero-order valence-electron chi connectivity index (χ0n) is 13.4. The summed E-state index contributed by atoms with van der Waals surface area (Å²) in [5.41, 5.74) is 6.14. The normalized spacial score (nSPS) is 21.6. The van der Waals surface area contributed by atoms with Crippen molar-refractivity contribution in [1.29, 1.82) is 0 Å². The lowest BCUT2D eigenvalue weighted by atomic mass is 10.0. The quantitative estimate of drug-likeness (QED) is 0.899. The lowest BCUT2D eigenvalue weighted by Gasteiger charge is -2.41. The SMILES string of the molecule is CC1CN(C(=O)c2nc(C(C)C)ncc2N)CC(C)(C)O1. The molecule has 116 valence electrons. The molecular weight excluding hydrogens is 268 g/mol. The molecule has 0 spiro atoms. The second-order valence-electron chi connectivity index (χ2n) is 6.56. The van der Waals surface area contributed by atoms with E-state index in [2.05, 4.69) is 9.97 Å². The maximum absolute atomic E-state index is 12.7. The first-order valence-corrected chi connectivity index (χ1v) is 7.29. The van der Waals surface area contributed by atoms with Crippen LogP contribution in [0.3, 0.4) is 0 Å². The van der Waals surface area contributed by atoms with Gasteiger partial charge in [0.1, 0.15) is 5.82 Å². The Bertz CT molecular complexity index is 542. The Kier molecular flexibility index (Phi) is 4.18. The maximum atomic E-state index is 12.7. The molecule has 0 bridgehead atoms. The van der Waals surface area contributed by atoms with Crippen molar-refractivity contribution in [3.8, 4) is 0 Å². The third kappa shape index (κ3) is 3.50. The molecular formula is C15H24N4O2. The van der Waals surface area contributed by atoms with E-state index in [0.717, 1.165) is 0 Å². The van der Waals surface area contributed by atoms with E-state index < -0.39 is 0 Å². The predicted molar refractivity (Wildman–Crippen MR) is 81.1 cm³/mol. The minimum absolute atomic E-state index is 0.00895. The molecule has 0 saturated carbocycles. The van der Waals surface area contributed by atoms with Crippen LogP contribution in [0.4, 0.5) is 5.69 Å². The van der Waals surface area contributed by atoms with Gasteiger partial charge in [0.2, 0.25) is 0 Å². The van der Waals surface area contributed by atoms with Crippen LogP contribution in [0.25, 0.3) is 0 Å². The standard InChI is InChI=1S/C15H24N4O2/c1-9(2)13-17-6-11(16)12(18-13)14(20)19-7-10(3)21-15(4,5)8-19/h6,9-10H,7-8,16H2,1-5H3. The molecule has 1 fully saturated rings. The van der Waals surface area contributed by atoms with Crippen LogP contribution in [-0.2, 0) is 4.74 Å². The maximum Gasteiger partial charge on any atom is 0.274 e. The molecule has 1 saturated heterocycles. The smallest absolute Gasteiger partial charge is 0.274 e. The first-order chi connectivity index (χ1) is 9.69. The zero-order valence-corrected chi connectivity index (χ0v) is 13.4. The Labute approximate surface area is 125 Å². The van der Waals surface area contributed by atoms with E-state index in [-0.39, 0.29) is 23.5 Å². The second kappa shape index (κ2) is 5.60. The van der Waals surface area contributed by atoms with Crippen molar-refractivity contribution in [2.75, 3.05) is 18.8 Å². The van der Waals surface area contributed by atoms with Crippen LogP contribution < -0.4 is 5.73 Å². The summed E-state index contributed by atoms with van der Waals surface area (Å²) < 4.78 is 5.82. The highest BCUT2D eigenvalue weighted by Gasteiger charge is 2.35. The lowest BCUT2D eigenvalue weighted by molar-refractivity contribution is -0.118. The van der Waals surface area contributed by atoms with Crippen molar-refractivity contribution in [2.24, 2.45) is 0 Å². The molecule has 2 rings (SSSR count). The van der Waals surface area contributed by atoms with Gasteiger partial charge in [-0.1, -0.05) is 13.8 Å². The zero-order chi connectivity index (χ0) is 15.8. The monoisotopic (exact) mass is 292 g/mol. The molecule has 1 unspecified atom stereocenters. The third-order valence-electron chi connectivity index (χ3n) is 3.41. The average Bonchev–Trinajstić information content (AvgIpc) is 2.35. The molecule has 1 atom stereocenters. The van der Waals surface area contributed by atoms with Gasteiger partial charge in [0, 0.05) is 19.0 Å². The Morgan fingerprint density at radius 2 is 2.19 bits per heavy atom. The molecule has 1 aromatic heterocycles. The number of hydrogen-bond donors (Lipinski definition) is 1. The highest BCUT2D eigenvalue weighted by atomic mass is 16.5. The second-order valence-corrected chi connectivity index (χ2v) is 6.56. The van der Waals surface area contributed by atoms with Crippen molar-refractivity contribution in [3.05, 3.63) is 17.7 Å². The molecule has 21 heavy (non-hydrogen) atoms. The van der Waals surface area contributed by atoms with Crippen LogP contribution >= 0.6 is 0 Å². The number of anilines is 1. The molecule has 1 aromatic rings. The number of nitrogens with two attached hydrogens (primary N) is 1. The molecule has 6 heteroatoms. The number of amides is 1. The molecule has 1 aliphatic rings. The van der Waals surface area contributed by atoms with Crippen LogP contribution in [0.1, 0.15) is 56.8 Å². The molecule has 0 radical (unpaired) electrons. The number of ether oxygens (including phenoxy) is 1. The Balaban J connectivity index is 2.29. The summed E-state index contributed by atoms with van der Waals surface area (Å²) in [5.74, 6) is 0.630. The van der Waals surface area contributed by atoms with Crippen LogP contribution in [0.5, 0.6) is 0 Å². The summed E-state index contributed by atoms with van der Waals surface area (Å²) in [6.45, 7) is 11.0. The Morgan fingerprint density at radius 3 is 2.76 bits per heavy atom. The van der Waals surface area contributed by atoms with Gasteiger partial charge in [-0.2, -0.15) is 0 Å². The minimum atomic E-state index is -0.365. The van der Waals surface area contributed by atoms with Crippen LogP contribution in [0, 0.1) is 0 Å². The summed E-state index contributed by atoms with van der Waals surface area (Å²) in [4.78, 5) is 23.0. The van der Waals surface area contributed by atoms with Crippen molar-refractivity contribution in [1.82, 2.24) is 14.9 Å². The number of nitrogens with zero attached hydrogens (tertiary/aromatic N) is 3. The van der Waals surface area contributed by atoms with Gasteiger partial charge < -0.3 is 15.4 Å². The fourth-order valence-electron chi connectivity index (χ4n) is 2.61. The van der Waals surface area contributed by atoms with Gasteiger partial charge in [0.05, 0.1) is 23.6 Å². The number of carbonyl (C=O) groups excluding carboxylic acids is 1. The van der Waals surface area contributed by atoms with E-state index in [0.29, 0.717) is 30.3 Å². The fourth-order valence-corrected chi connectivity index (χ4v) is 2.61. The summed E-state index contributed by atoms with van der Waals surface area (Å²) >= 11 is 0. The number of aromatic nitrogens is 2. The Morgan fingerprint density at radius 1 is 1.52 bits per heavy atom. The number of hydrogen-bond acceptors (Lipinski definition) is 5. The third-order valence-corrected chi connectivity index (χ3v) is 3.41. The van der Waals surface area contributed by atoms with E-state index in [9.17, 15) is 4.79 Å². The van der Waals surface area contributed by atoms with Crippen molar-refractivity contribution in [2.45, 2.75) is 52.2 Å². The molecule has 6 nitrogen and oxygen atoms in total. The number of morpholine rings is 1. The first kappa shape index (κ1) is 15.7.